The van der Waals surface area contributed by atoms with Crippen LogP contribution in [0, 0.1) is 5.92 Å². The standard InChI is InChI=1S/C13H23N3O3/c17-12(10-15-5-1-3-14-4-7-15)16-6-2-11(9-16)8-13(18)19/h11,14H,1-10H2,(H,18,19). The number of nitrogens with one attached hydrogen (secondary N) is 1. The normalized spacial score (nSPS) is 25.3. The summed E-state index contributed by atoms with van der Waals surface area (Å²) < 4.78 is 0. The van der Waals surface area contributed by atoms with E-state index in [1.54, 1.807) is 0 Å². The highest BCUT2D eigenvalue weighted by molar-refractivity contribution is 5.78. The van der Waals surface area contributed by atoms with Crippen LogP contribution in [-0.2, 0) is 9.59 Å². The number of carbonyl (C=O) groups excluding carboxylic acids is 1. The van der Waals surface area contributed by atoms with Gasteiger partial charge < -0.3 is 15.3 Å². The Hall–Kier alpha value is -1.14. The first kappa shape index (κ1) is 14.3. The van der Waals surface area contributed by atoms with Crippen LogP contribution >= 0.6 is 0 Å². The number of hydrogen-bond donors (Lipinski definition) is 2. The first-order valence-corrected chi connectivity index (χ1v) is 7.08. The monoisotopic (exact) mass is 269 g/mol. The minimum atomic E-state index is -0.766. The van der Waals surface area contributed by atoms with Crippen molar-refractivity contribution in [2.45, 2.75) is 19.3 Å². The molecule has 2 fully saturated rings. The predicted molar refractivity (Wildman–Crippen MR) is 70.9 cm³/mol. The summed E-state index contributed by atoms with van der Waals surface area (Å²) in [4.78, 5) is 26.9. The molecule has 2 rings (SSSR count). The lowest BCUT2D eigenvalue weighted by atomic mass is 10.1. The zero-order valence-corrected chi connectivity index (χ0v) is 11.3. The average molecular weight is 269 g/mol. The van der Waals surface area contributed by atoms with Gasteiger partial charge in [0.15, 0.2) is 0 Å². The molecule has 6 heteroatoms. The highest BCUT2D eigenvalue weighted by atomic mass is 16.4. The topological polar surface area (TPSA) is 72.9 Å². The van der Waals surface area contributed by atoms with Crippen LogP contribution in [0.3, 0.4) is 0 Å². The molecule has 2 aliphatic rings. The van der Waals surface area contributed by atoms with Crippen molar-refractivity contribution in [1.82, 2.24) is 15.1 Å². The Morgan fingerprint density at radius 2 is 2.05 bits per heavy atom. The Bertz CT molecular complexity index is 327. The SMILES string of the molecule is O=C(O)CC1CCN(C(=O)CN2CCCNCC2)C1. The second-order valence-corrected chi connectivity index (χ2v) is 5.47. The second kappa shape index (κ2) is 6.86. The largest absolute Gasteiger partial charge is 0.481 e. The summed E-state index contributed by atoms with van der Waals surface area (Å²) in [5, 5.41) is 12.1. The van der Waals surface area contributed by atoms with Gasteiger partial charge in [-0.1, -0.05) is 0 Å². The lowest BCUT2D eigenvalue weighted by molar-refractivity contribution is -0.138. The van der Waals surface area contributed by atoms with Gasteiger partial charge >= 0.3 is 5.97 Å². The number of carbonyl (C=O) groups is 2. The zero-order valence-electron chi connectivity index (χ0n) is 11.3. The van der Waals surface area contributed by atoms with E-state index >= 15 is 0 Å². The van der Waals surface area contributed by atoms with Crippen molar-refractivity contribution in [3.63, 3.8) is 0 Å². The molecular weight excluding hydrogens is 246 g/mol. The number of hydrogen-bond acceptors (Lipinski definition) is 4. The minimum Gasteiger partial charge on any atom is -0.481 e. The van der Waals surface area contributed by atoms with Crippen molar-refractivity contribution in [2.75, 3.05) is 45.8 Å². The van der Waals surface area contributed by atoms with Crippen LogP contribution in [0.15, 0.2) is 0 Å². The lowest BCUT2D eigenvalue weighted by Crippen LogP contribution is -2.40. The summed E-state index contributed by atoms with van der Waals surface area (Å²) in [7, 11) is 0. The molecule has 0 spiro atoms. The number of carboxylic acids is 1. The lowest BCUT2D eigenvalue weighted by Gasteiger charge is -2.23. The predicted octanol–water partition coefficient (Wildman–Crippen LogP) is -0.395. The molecule has 108 valence electrons. The second-order valence-electron chi connectivity index (χ2n) is 5.47. The highest BCUT2D eigenvalue weighted by Crippen LogP contribution is 2.19. The van der Waals surface area contributed by atoms with Gasteiger partial charge in [0.25, 0.3) is 0 Å². The van der Waals surface area contributed by atoms with E-state index in [4.69, 9.17) is 5.11 Å². The number of carboxylic acid groups (broad SMARTS) is 1. The summed E-state index contributed by atoms with van der Waals surface area (Å²) in [6.45, 7) is 5.63. The van der Waals surface area contributed by atoms with E-state index in [0.29, 0.717) is 19.6 Å². The first-order valence-electron chi connectivity index (χ1n) is 7.08. The van der Waals surface area contributed by atoms with E-state index in [1.165, 1.54) is 0 Å². The molecule has 2 aliphatic heterocycles. The van der Waals surface area contributed by atoms with Gasteiger partial charge in [-0.3, -0.25) is 14.5 Å². The van der Waals surface area contributed by atoms with Crippen LogP contribution in [0.25, 0.3) is 0 Å². The Labute approximate surface area is 113 Å². The van der Waals surface area contributed by atoms with Crippen LogP contribution in [0.2, 0.25) is 0 Å². The van der Waals surface area contributed by atoms with Crippen molar-refractivity contribution in [3.8, 4) is 0 Å². The number of amides is 1. The van der Waals surface area contributed by atoms with Crippen molar-refractivity contribution in [3.05, 3.63) is 0 Å². The summed E-state index contributed by atoms with van der Waals surface area (Å²) in [6.07, 6.45) is 2.08. The fraction of sp³-hybridized carbons (Fsp3) is 0.846. The van der Waals surface area contributed by atoms with E-state index in [2.05, 4.69) is 10.2 Å². The molecule has 2 N–H and O–H groups in total. The fourth-order valence-corrected chi connectivity index (χ4v) is 2.82. The molecule has 0 aliphatic carbocycles. The molecule has 19 heavy (non-hydrogen) atoms. The number of aliphatic carboxylic acids is 1. The molecule has 0 aromatic carbocycles. The van der Waals surface area contributed by atoms with Gasteiger partial charge in [0, 0.05) is 32.6 Å². The van der Waals surface area contributed by atoms with Crippen molar-refractivity contribution in [1.29, 1.82) is 0 Å². The van der Waals surface area contributed by atoms with Crippen LogP contribution in [0.5, 0.6) is 0 Å². The maximum absolute atomic E-state index is 12.2. The summed E-state index contributed by atoms with van der Waals surface area (Å²) in [5.41, 5.74) is 0. The summed E-state index contributed by atoms with van der Waals surface area (Å²) >= 11 is 0. The molecule has 0 aromatic rings. The molecule has 1 amide bonds. The minimum absolute atomic E-state index is 0.132. The van der Waals surface area contributed by atoms with Crippen LogP contribution in [0.1, 0.15) is 19.3 Å². The van der Waals surface area contributed by atoms with E-state index in [1.807, 2.05) is 4.90 Å². The van der Waals surface area contributed by atoms with Gasteiger partial charge in [-0.05, 0) is 31.8 Å². The van der Waals surface area contributed by atoms with Gasteiger partial charge in [0.2, 0.25) is 5.91 Å². The quantitative estimate of drug-likeness (QED) is 0.727. The Morgan fingerprint density at radius 1 is 1.21 bits per heavy atom. The zero-order chi connectivity index (χ0) is 13.7. The molecule has 0 saturated carbocycles. The fourth-order valence-electron chi connectivity index (χ4n) is 2.82. The third-order valence-corrected chi connectivity index (χ3v) is 3.89. The number of likely N-dealkylation sites (tertiary alicyclic amines) is 1. The van der Waals surface area contributed by atoms with Gasteiger partial charge in [0.1, 0.15) is 0 Å². The summed E-state index contributed by atoms with van der Waals surface area (Å²) in [5.74, 6) is -0.486. The first-order chi connectivity index (χ1) is 9.15. The number of nitrogens with zero attached hydrogens (tertiary/aromatic N) is 2. The van der Waals surface area contributed by atoms with E-state index < -0.39 is 5.97 Å². The van der Waals surface area contributed by atoms with Crippen molar-refractivity contribution in [2.24, 2.45) is 5.92 Å². The Balaban J connectivity index is 1.75. The van der Waals surface area contributed by atoms with Gasteiger partial charge in [-0.25, -0.2) is 0 Å². The van der Waals surface area contributed by atoms with Gasteiger partial charge in [0.05, 0.1) is 6.54 Å². The molecule has 0 aromatic heterocycles. The van der Waals surface area contributed by atoms with Crippen molar-refractivity contribution < 1.29 is 14.7 Å². The van der Waals surface area contributed by atoms with E-state index in [0.717, 1.165) is 39.0 Å². The average Bonchev–Trinajstić information content (AvgIpc) is 2.66. The molecular formula is C13H23N3O3. The van der Waals surface area contributed by atoms with Gasteiger partial charge in [-0.15, -0.1) is 0 Å². The van der Waals surface area contributed by atoms with Gasteiger partial charge in [-0.2, -0.15) is 0 Å². The smallest absolute Gasteiger partial charge is 0.303 e. The Kier molecular flexibility index (Phi) is 5.15. The molecule has 1 unspecified atom stereocenters. The highest BCUT2D eigenvalue weighted by Gasteiger charge is 2.28. The van der Waals surface area contributed by atoms with Crippen LogP contribution < -0.4 is 5.32 Å². The van der Waals surface area contributed by atoms with Crippen LogP contribution in [-0.4, -0.2) is 72.6 Å². The molecule has 0 bridgehead atoms. The summed E-state index contributed by atoms with van der Waals surface area (Å²) in [6, 6.07) is 0. The molecule has 2 heterocycles. The van der Waals surface area contributed by atoms with E-state index in [-0.39, 0.29) is 18.2 Å². The maximum atomic E-state index is 12.2. The third-order valence-electron chi connectivity index (χ3n) is 3.89. The molecule has 0 radical (unpaired) electrons. The van der Waals surface area contributed by atoms with Crippen LogP contribution in [0.4, 0.5) is 0 Å². The number of rotatable bonds is 4. The maximum Gasteiger partial charge on any atom is 0.303 e. The molecule has 1 atom stereocenters. The molecule has 2 saturated heterocycles. The van der Waals surface area contributed by atoms with E-state index in [9.17, 15) is 9.59 Å². The molecule has 6 nitrogen and oxygen atoms in total. The van der Waals surface area contributed by atoms with Crippen molar-refractivity contribution >= 4 is 11.9 Å². The Morgan fingerprint density at radius 3 is 2.84 bits per heavy atom. The third kappa shape index (κ3) is 4.47.